The van der Waals surface area contributed by atoms with E-state index in [4.69, 9.17) is 0 Å². The van der Waals surface area contributed by atoms with Crippen molar-refractivity contribution >= 4 is 11.3 Å². The van der Waals surface area contributed by atoms with E-state index in [1.54, 1.807) is 16.1 Å². The molecule has 108 valence electrons. The number of hydrogen-bond acceptors (Lipinski definition) is 5. The SMILES string of the molecule is c1ccc(-c2nnn(CCNCCc3cccs3)n2)cc1. The van der Waals surface area contributed by atoms with Gasteiger partial charge in [-0.2, -0.15) is 4.80 Å². The molecule has 21 heavy (non-hydrogen) atoms. The van der Waals surface area contributed by atoms with Crippen LogP contribution in [0.4, 0.5) is 0 Å². The van der Waals surface area contributed by atoms with Gasteiger partial charge < -0.3 is 5.32 Å². The third-order valence-electron chi connectivity index (χ3n) is 3.10. The van der Waals surface area contributed by atoms with E-state index in [0.29, 0.717) is 5.82 Å². The average molecular weight is 299 g/mol. The van der Waals surface area contributed by atoms with Gasteiger partial charge in [0.15, 0.2) is 0 Å². The molecular formula is C15H17N5S. The normalized spacial score (nSPS) is 10.9. The summed E-state index contributed by atoms with van der Waals surface area (Å²) in [6, 6.07) is 14.2. The highest BCUT2D eigenvalue weighted by molar-refractivity contribution is 7.09. The van der Waals surface area contributed by atoms with E-state index >= 15 is 0 Å². The summed E-state index contributed by atoms with van der Waals surface area (Å²) in [5.74, 6) is 0.675. The molecule has 0 unspecified atom stereocenters. The van der Waals surface area contributed by atoms with Gasteiger partial charge in [-0.15, -0.1) is 21.5 Å². The Balaban J connectivity index is 1.43. The van der Waals surface area contributed by atoms with Crippen molar-refractivity contribution in [2.24, 2.45) is 0 Å². The third-order valence-corrected chi connectivity index (χ3v) is 4.04. The Morgan fingerprint density at radius 1 is 1.05 bits per heavy atom. The molecule has 6 heteroatoms. The zero-order chi connectivity index (χ0) is 14.3. The van der Waals surface area contributed by atoms with Gasteiger partial charge in [-0.25, -0.2) is 0 Å². The van der Waals surface area contributed by atoms with Crippen LogP contribution in [0.3, 0.4) is 0 Å². The maximum Gasteiger partial charge on any atom is 0.204 e. The first-order valence-electron chi connectivity index (χ1n) is 6.98. The summed E-state index contributed by atoms with van der Waals surface area (Å²) < 4.78 is 0. The molecule has 0 saturated carbocycles. The fourth-order valence-corrected chi connectivity index (χ4v) is 2.72. The first kappa shape index (κ1) is 13.9. The van der Waals surface area contributed by atoms with Crippen LogP contribution in [0.5, 0.6) is 0 Å². The summed E-state index contributed by atoms with van der Waals surface area (Å²) in [6.07, 6.45) is 1.07. The third kappa shape index (κ3) is 3.96. The van der Waals surface area contributed by atoms with Gasteiger partial charge in [0.05, 0.1) is 6.54 Å². The number of thiophene rings is 1. The van der Waals surface area contributed by atoms with Crippen molar-refractivity contribution in [3.05, 3.63) is 52.7 Å². The van der Waals surface area contributed by atoms with Crippen molar-refractivity contribution in [2.75, 3.05) is 13.1 Å². The second-order valence-corrected chi connectivity index (χ2v) is 5.69. The number of hydrogen-bond donors (Lipinski definition) is 1. The minimum Gasteiger partial charge on any atom is -0.314 e. The monoisotopic (exact) mass is 299 g/mol. The van der Waals surface area contributed by atoms with Crippen molar-refractivity contribution in [1.82, 2.24) is 25.5 Å². The minimum atomic E-state index is 0.675. The van der Waals surface area contributed by atoms with E-state index < -0.39 is 0 Å². The van der Waals surface area contributed by atoms with Gasteiger partial charge in [0, 0.05) is 23.5 Å². The smallest absolute Gasteiger partial charge is 0.204 e. The summed E-state index contributed by atoms with van der Waals surface area (Å²) in [7, 11) is 0. The van der Waals surface area contributed by atoms with Crippen LogP contribution in [0.2, 0.25) is 0 Å². The highest BCUT2D eigenvalue weighted by atomic mass is 32.1. The first-order chi connectivity index (χ1) is 10.4. The minimum absolute atomic E-state index is 0.675. The van der Waals surface area contributed by atoms with Gasteiger partial charge >= 0.3 is 0 Å². The molecule has 0 aliphatic rings. The summed E-state index contributed by atoms with van der Waals surface area (Å²) in [4.78, 5) is 3.05. The fraction of sp³-hybridized carbons (Fsp3) is 0.267. The van der Waals surface area contributed by atoms with Gasteiger partial charge in [-0.3, -0.25) is 0 Å². The van der Waals surface area contributed by atoms with Crippen molar-refractivity contribution in [2.45, 2.75) is 13.0 Å². The second-order valence-electron chi connectivity index (χ2n) is 4.65. The summed E-state index contributed by atoms with van der Waals surface area (Å²) in [5.41, 5.74) is 0.995. The van der Waals surface area contributed by atoms with Gasteiger partial charge in [-0.05, 0) is 23.1 Å². The molecule has 0 aliphatic heterocycles. The quantitative estimate of drug-likeness (QED) is 0.680. The number of tetrazole rings is 1. The maximum absolute atomic E-state index is 4.38. The van der Waals surface area contributed by atoms with Crippen LogP contribution in [0.15, 0.2) is 47.8 Å². The Hall–Kier alpha value is -2.05. The Morgan fingerprint density at radius 2 is 1.95 bits per heavy atom. The molecule has 3 rings (SSSR count). The topological polar surface area (TPSA) is 55.6 Å². The van der Waals surface area contributed by atoms with E-state index in [0.717, 1.165) is 31.6 Å². The van der Waals surface area contributed by atoms with E-state index in [2.05, 4.69) is 38.2 Å². The maximum atomic E-state index is 4.38. The lowest BCUT2D eigenvalue weighted by Gasteiger charge is -2.02. The van der Waals surface area contributed by atoms with Crippen LogP contribution < -0.4 is 5.32 Å². The molecule has 0 bridgehead atoms. The molecule has 1 aromatic carbocycles. The van der Waals surface area contributed by atoms with E-state index in [1.807, 2.05) is 30.3 Å². The van der Waals surface area contributed by atoms with Crippen LogP contribution in [0.1, 0.15) is 4.88 Å². The first-order valence-corrected chi connectivity index (χ1v) is 7.86. The molecule has 0 fully saturated rings. The van der Waals surface area contributed by atoms with Crippen molar-refractivity contribution < 1.29 is 0 Å². The largest absolute Gasteiger partial charge is 0.314 e. The Bertz CT molecular complexity index is 648. The van der Waals surface area contributed by atoms with E-state index in [1.165, 1.54) is 4.88 Å². The van der Waals surface area contributed by atoms with Crippen LogP contribution in [-0.4, -0.2) is 33.3 Å². The molecule has 0 aliphatic carbocycles. The zero-order valence-corrected chi connectivity index (χ0v) is 12.5. The number of benzene rings is 1. The molecule has 0 amide bonds. The number of rotatable bonds is 7. The predicted octanol–water partition coefficient (Wildman–Crippen LogP) is 2.23. The van der Waals surface area contributed by atoms with Crippen LogP contribution in [-0.2, 0) is 13.0 Å². The van der Waals surface area contributed by atoms with Gasteiger partial charge in [-0.1, -0.05) is 36.4 Å². The molecule has 1 N–H and O–H groups in total. The second kappa shape index (κ2) is 7.10. The molecule has 2 heterocycles. The molecule has 2 aromatic heterocycles. The molecule has 0 spiro atoms. The van der Waals surface area contributed by atoms with E-state index in [-0.39, 0.29) is 0 Å². The van der Waals surface area contributed by atoms with Crippen LogP contribution >= 0.6 is 11.3 Å². The Morgan fingerprint density at radius 3 is 2.76 bits per heavy atom. The Labute approximate surface area is 127 Å². The highest BCUT2D eigenvalue weighted by Gasteiger charge is 2.04. The van der Waals surface area contributed by atoms with Crippen molar-refractivity contribution in [3.8, 4) is 11.4 Å². The molecule has 5 nitrogen and oxygen atoms in total. The van der Waals surface area contributed by atoms with E-state index in [9.17, 15) is 0 Å². The highest BCUT2D eigenvalue weighted by Crippen LogP contribution is 2.11. The number of aromatic nitrogens is 4. The number of nitrogens with zero attached hydrogens (tertiary/aromatic N) is 4. The van der Waals surface area contributed by atoms with Gasteiger partial charge in [0.2, 0.25) is 5.82 Å². The molecule has 3 aromatic rings. The molecule has 0 saturated heterocycles. The molecular weight excluding hydrogens is 282 g/mol. The summed E-state index contributed by atoms with van der Waals surface area (Å²) in [6.45, 7) is 2.54. The lowest BCUT2D eigenvalue weighted by molar-refractivity contribution is 0.493. The summed E-state index contributed by atoms with van der Waals surface area (Å²) in [5, 5.41) is 18.1. The zero-order valence-electron chi connectivity index (χ0n) is 11.6. The number of nitrogens with one attached hydrogen (secondary N) is 1. The Kier molecular flexibility index (Phi) is 4.70. The lowest BCUT2D eigenvalue weighted by Crippen LogP contribution is -2.23. The van der Waals surface area contributed by atoms with Crippen LogP contribution in [0, 0.1) is 0 Å². The average Bonchev–Trinajstić information content (AvgIpc) is 3.19. The molecule has 0 atom stereocenters. The van der Waals surface area contributed by atoms with Crippen LogP contribution in [0.25, 0.3) is 11.4 Å². The van der Waals surface area contributed by atoms with Crippen molar-refractivity contribution in [3.63, 3.8) is 0 Å². The molecule has 0 radical (unpaired) electrons. The standard InChI is InChI=1S/C15H17N5S/c1-2-5-13(6-3-1)15-17-19-20(18-15)11-10-16-9-8-14-7-4-12-21-14/h1-7,12,16H,8-11H2. The van der Waals surface area contributed by atoms with Crippen molar-refractivity contribution in [1.29, 1.82) is 0 Å². The fourth-order valence-electron chi connectivity index (χ4n) is 2.01. The van der Waals surface area contributed by atoms with Gasteiger partial charge in [0.25, 0.3) is 0 Å². The predicted molar refractivity (Wildman–Crippen MR) is 84.1 cm³/mol. The van der Waals surface area contributed by atoms with Gasteiger partial charge in [0.1, 0.15) is 0 Å². The lowest BCUT2D eigenvalue weighted by atomic mass is 10.2. The summed E-state index contributed by atoms with van der Waals surface area (Å²) >= 11 is 1.80.